The average Bonchev–Trinajstić information content (AvgIpc) is 2.33. The van der Waals surface area contributed by atoms with Crippen LogP contribution < -0.4 is 5.32 Å². The normalized spacial score (nSPS) is 20.9. The molecule has 1 atom stereocenters. The molecule has 1 heterocycles. The molecule has 1 aliphatic rings. The van der Waals surface area contributed by atoms with Crippen LogP contribution >= 0.6 is 0 Å². The second-order valence-electron chi connectivity index (χ2n) is 4.13. The van der Waals surface area contributed by atoms with E-state index in [0.717, 1.165) is 26.3 Å². The highest BCUT2D eigenvalue weighted by molar-refractivity contribution is 5.25. The van der Waals surface area contributed by atoms with Crippen LogP contribution in [-0.2, 0) is 16.0 Å². The summed E-state index contributed by atoms with van der Waals surface area (Å²) in [6, 6.07) is 8.43. The highest BCUT2D eigenvalue weighted by Gasteiger charge is 2.13. The Labute approximate surface area is 96.8 Å². The third kappa shape index (κ3) is 3.30. The summed E-state index contributed by atoms with van der Waals surface area (Å²) in [5.74, 6) is 0. The van der Waals surface area contributed by atoms with Gasteiger partial charge in [0.2, 0.25) is 0 Å². The van der Waals surface area contributed by atoms with Crippen LogP contribution in [0.3, 0.4) is 0 Å². The molecule has 0 radical (unpaired) electrons. The van der Waals surface area contributed by atoms with Crippen molar-refractivity contribution in [3.63, 3.8) is 0 Å². The van der Waals surface area contributed by atoms with E-state index in [1.807, 2.05) is 0 Å². The van der Waals surface area contributed by atoms with Crippen molar-refractivity contribution in [1.29, 1.82) is 0 Å². The molecule has 0 bridgehead atoms. The summed E-state index contributed by atoms with van der Waals surface area (Å²) in [5, 5.41) is 3.41. The minimum Gasteiger partial charge on any atom is -0.376 e. The highest BCUT2D eigenvalue weighted by atomic mass is 16.6. The topological polar surface area (TPSA) is 30.5 Å². The van der Waals surface area contributed by atoms with Gasteiger partial charge >= 0.3 is 0 Å². The third-order valence-electron chi connectivity index (χ3n) is 2.83. The summed E-state index contributed by atoms with van der Waals surface area (Å²) in [4.78, 5) is 0. The fraction of sp³-hybridized carbons (Fsp3) is 0.538. The number of rotatable bonds is 4. The van der Waals surface area contributed by atoms with Gasteiger partial charge in [0.1, 0.15) is 0 Å². The quantitative estimate of drug-likeness (QED) is 0.835. The minimum absolute atomic E-state index is 0.206. The average molecular weight is 221 g/mol. The maximum Gasteiger partial charge on any atom is 0.0933 e. The van der Waals surface area contributed by atoms with Crippen molar-refractivity contribution in [3.05, 3.63) is 35.4 Å². The fourth-order valence-electron chi connectivity index (χ4n) is 1.83. The van der Waals surface area contributed by atoms with Crippen LogP contribution in [0.15, 0.2) is 24.3 Å². The second-order valence-corrected chi connectivity index (χ2v) is 4.13. The fourth-order valence-corrected chi connectivity index (χ4v) is 1.83. The van der Waals surface area contributed by atoms with Crippen molar-refractivity contribution in [2.24, 2.45) is 0 Å². The molecule has 2 rings (SSSR count). The Bertz CT molecular complexity index is 321. The smallest absolute Gasteiger partial charge is 0.0933 e. The Morgan fingerprint density at radius 1 is 1.31 bits per heavy atom. The molecule has 0 amide bonds. The molecule has 1 N–H and O–H groups in total. The standard InChI is InChI=1S/C13H19NO2/c1-11-4-2-3-5-12(11)8-14-9-13-10-15-6-7-16-13/h2-5,13-14H,6-10H2,1H3. The van der Waals surface area contributed by atoms with Crippen LogP contribution in [0.1, 0.15) is 11.1 Å². The highest BCUT2D eigenvalue weighted by Crippen LogP contribution is 2.06. The van der Waals surface area contributed by atoms with Crippen LogP contribution in [0.5, 0.6) is 0 Å². The third-order valence-corrected chi connectivity index (χ3v) is 2.83. The largest absolute Gasteiger partial charge is 0.376 e. The lowest BCUT2D eigenvalue weighted by atomic mass is 10.1. The minimum atomic E-state index is 0.206. The summed E-state index contributed by atoms with van der Waals surface area (Å²) in [6.45, 7) is 6.05. The van der Waals surface area contributed by atoms with Crippen molar-refractivity contribution in [2.45, 2.75) is 19.6 Å². The molecule has 88 valence electrons. The predicted molar refractivity (Wildman–Crippen MR) is 63.4 cm³/mol. The summed E-state index contributed by atoms with van der Waals surface area (Å²) in [5.41, 5.74) is 2.68. The molecule has 16 heavy (non-hydrogen) atoms. The number of nitrogens with one attached hydrogen (secondary N) is 1. The lowest BCUT2D eigenvalue weighted by molar-refractivity contribution is -0.0864. The summed E-state index contributed by atoms with van der Waals surface area (Å²) in [6.07, 6.45) is 0.206. The van der Waals surface area contributed by atoms with Crippen molar-refractivity contribution < 1.29 is 9.47 Å². The first-order valence-corrected chi connectivity index (χ1v) is 5.81. The SMILES string of the molecule is Cc1ccccc1CNCC1COCCO1. The second kappa shape index (κ2) is 5.99. The molecule has 1 aliphatic heterocycles. The van der Waals surface area contributed by atoms with Gasteiger partial charge in [-0.2, -0.15) is 0 Å². The van der Waals surface area contributed by atoms with Gasteiger partial charge in [-0.15, -0.1) is 0 Å². The Balaban J connectivity index is 1.73. The van der Waals surface area contributed by atoms with Crippen molar-refractivity contribution in [1.82, 2.24) is 5.32 Å². The Hall–Kier alpha value is -0.900. The zero-order valence-corrected chi connectivity index (χ0v) is 9.74. The number of ether oxygens (including phenoxy) is 2. The molecule has 1 saturated heterocycles. The molecule has 0 aliphatic carbocycles. The van der Waals surface area contributed by atoms with Gasteiger partial charge in [-0.05, 0) is 18.1 Å². The maximum absolute atomic E-state index is 5.56. The van der Waals surface area contributed by atoms with Gasteiger partial charge in [0.05, 0.1) is 25.9 Å². The van der Waals surface area contributed by atoms with Crippen LogP contribution in [0.4, 0.5) is 0 Å². The van der Waals surface area contributed by atoms with Gasteiger partial charge in [0.25, 0.3) is 0 Å². The molecular formula is C13H19NO2. The lowest BCUT2D eigenvalue weighted by Gasteiger charge is -2.23. The van der Waals surface area contributed by atoms with E-state index >= 15 is 0 Å². The Morgan fingerprint density at radius 2 is 2.19 bits per heavy atom. The molecule has 3 nitrogen and oxygen atoms in total. The molecule has 1 fully saturated rings. The first-order valence-electron chi connectivity index (χ1n) is 5.81. The Morgan fingerprint density at radius 3 is 2.94 bits per heavy atom. The summed E-state index contributed by atoms with van der Waals surface area (Å²) < 4.78 is 10.9. The van der Waals surface area contributed by atoms with Gasteiger partial charge in [0.15, 0.2) is 0 Å². The molecule has 1 unspecified atom stereocenters. The van der Waals surface area contributed by atoms with E-state index in [4.69, 9.17) is 9.47 Å². The molecule has 1 aromatic carbocycles. The van der Waals surface area contributed by atoms with E-state index in [-0.39, 0.29) is 6.10 Å². The molecule has 0 aromatic heterocycles. The van der Waals surface area contributed by atoms with Gasteiger partial charge in [-0.25, -0.2) is 0 Å². The molecule has 0 spiro atoms. The number of aryl methyl sites for hydroxylation is 1. The molecular weight excluding hydrogens is 202 g/mol. The number of benzene rings is 1. The van der Waals surface area contributed by atoms with E-state index in [1.54, 1.807) is 0 Å². The van der Waals surface area contributed by atoms with E-state index in [0.29, 0.717) is 6.61 Å². The van der Waals surface area contributed by atoms with E-state index in [9.17, 15) is 0 Å². The van der Waals surface area contributed by atoms with Crippen LogP contribution in [0.2, 0.25) is 0 Å². The number of hydrogen-bond acceptors (Lipinski definition) is 3. The predicted octanol–water partition coefficient (Wildman–Crippen LogP) is 1.50. The zero-order chi connectivity index (χ0) is 11.2. The van der Waals surface area contributed by atoms with Crippen molar-refractivity contribution in [2.75, 3.05) is 26.4 Å². The van der Waals surface area contributed by atoms with Crippen LogP contribution in [-0.4, -0.2) is 32.5 Å². The van der Waals surface area contributed by atoms with Crippen molar-refractivity contribution >= 4 is 0 Å². The van der Waals surface area contributed by atoms with E-state index in [1.165, 1.54) is 11.1 Å². The molecule has 0 saturated carbocycles. The first kappa shape index (κ1) is 11.6. The zero-order valence-electron chi connectivity index (χ0n) is 9.74. The van der Waals surface area contributed by atoms with Gasteiger partial charge in [0, 0.05) is 13.1 Å². The summed E-state index contributed by atoms with van der Waals surface area (Å²) >= 11 is 0. The van der Waals surface area contributed by atoms with Crippen LogP contribution in [0.25, 0.3) is 0 Å². The lowest BCUT2D eigenvalue weighted by Crippen LogP contribution is -2.37. The van der Waals surface area contributed by atoms with Gasteiger partial charge in [-0.1, -0.05) is 24.3 Å². The summed E-state index contributed by atoms with van der Waals surface area (Å²) in [7, 11) is 0. The van der Waals surface area contributed by atoms with Crippen LogP contribution in [0, 0.1) is 6.92 Å². The maximum atomic E-state index is 5.56. The number of hydrogen-bond donors (Lipinski definition) is 1. The molecule has 1 aromatic rings. The molecule has 3 heteroatoms. The van der Waals surface area contributed by atoms with E-state index in [2.05, 4.69) is 36.5 Å². The van der Waals surface area contributed by atoms with Crippen molar-refractivity contribution in [3.8, 4) is 0 Å². The first-order chi connectivity index (χ1) is 7.86. The van der Waals surface area contributed by atoms with Gasteiger partial charge in [-0.3, -0.25) is 0 Å². The monoisotopic (exact) mass is 221 g/mol. The Kier molecular flexibility index (Phi) is 4.34. The van der Waals surface area contributed by atoms with Gasteiger partial charge < -0.3 is 14.8 Å². The van der Waals surface area contributed by atoms with E-state index < -0.39 is 0 Å².